The molecule has 124 valence electrons. The number of aromatic nitrogens is 2. The first kappa shape index (κ1) is 14.9. The molecule has 1 atom stereocenters. The highest BCUT2D eigenvalue weighted by Crippen LogP contribution is 2.31. The van der Waals surface area contributed by atoms with E-state index in [9.17, 15) is 9.59 Å². The van der Waals surface area contributed by atoms with Crippen molar-refractivity contribution in [1.82, 2.24) is 14.7 Å². The number of rotatable bonds is 2. The average molecular weight is 324 g/mol. The monoisotopic (exact) mass is 324 g/mol. The molecule has 0 fully saturated rings. The third-order valence-corrected chi connectivity index (χ3v) is 5.03. The van der Waals surface area contributed by atoms with Gasteiger partial charge in [0.1, 0.15) is 6.04 Å². The Morgan fingerprint density at radius 1 is 1.12 bits per heavy atom. The minimum absolute atomic E-state index is 0.142. The maximum Gasteiger partial charge on any atom is 0.258 e. The van der Waals surface area contributed by atoms with Crippen LogP contribution in [0.2, 0.25) is 0 Å². The Morgan fingerprint density at radius 3 is 2.79 bits per heavy atom. The van der Waals surface area contributed by atoms with Crippen LogP contribution >= 0.6 is 0 Å². The van der Waals surface area contributed by atoms with Crippen LogP contribution in [0.25, 0.3) is 0 Å². The molecule has 2 amide bonds. The molecule has 2 aliphatic rings. The van der Waals surface area contributed by atoms with E-state index in [1.807, 2.05) is 28.9 Å². The third kappa shape index (κ3) is 2.29. The molecule has 2 aromatic rings. The first-order chi connectivity index (χ1) is 11.7. The normalized spacial score (nSPS) is 19.5. The molecule has 0 spiro atoms. The molecule has 3 heterocycles. The minimum atomic E-state index is -0.707. The zero-order chi connectivity index (χ0) is 16.7. The lowest BCUT2D eigenvalue weighted by Crippen LogP contribution is -2.46. The number of benzene rings is 1. The van der Waals surface area contributed by atoms with Gasteiger partial charge < -0.3 is 10.6 Å². The fourth-order valence-electron chi connectivity index (χ4n) is 3.85. The van der Waals surface area contributed by atoms with Gasteiger partial charge in [0.15, 0.2) is 0 Å². The van der Waals surface area contributed by atoms with Gasteiger partial charge in [-0.05, 0) is 36.8 Å². The summed E-state index contributed by atoms with van der Waals surface area (Å²) in [5, 5.41) is 4.34. The molecular weight excluding hydrogens is 304 g/mol. The van der Waals surface area contributed by atoms with E-state index in [-0.39, 0.29) is 5.91 Å². The Bertz CT molecular complexity index is 811. The van der Waals surface area contributed by atoms with Crippen LogP contribution in [0.1, 0.15) is 46.1 Å². The number of hydrogen-bond donors (Lipinski definition) is 1. The molecule has 2 aliphatic heterocycles. The second-order valence-electron chi connectivity index (χ2n) is 6.44. The largest absolute Gasteiger partial charge is 0.368 e. The summed E-state index contributed by atoms with van der Waals surface area (Å²) in [6, 6.07) is 7.00. The molecule has 24 heavy (non-hydrogen) atoms. The van der Waals surface area contributed by atoms with Gasteiger partial charge >= 0.3 is 0 Å². The van der Waals surface area contributed by atoms with Crippen molar-refractivity contribution in [2.24, 2.45) is 5.73 Å². The van der Waals surface area contributed by atoms with Crippen LogP contribution in [0.15, 0.2) is 30.5 Å². The Balaban J connectivity index is 1.72. The molecular formula is C18H20N4O2. The van der Waals surface area contributed by atoms with Crippen LogP contribution < -0.4 is 5.73 Å². The summed E-state index contributed by atoms with van der Waals surface area (Å²) in [4.78, 5) is 26.8. The minimum Gasteiger partial charge on any atom is -0.368 e. The molecule has 0 radical (unpaired) electrons. The van der Waals surface area contributed by atoms with Crippen LogP contribution in [0.4, 0.5) is 0 Å². The van der Waals surface area contributed by atoms with Gasteiger partial charge in [-0.15, -0.1) is 0 Å². The molecule has 1 unspecified atom stereocenters. The average Bonchev–Trinajstić information content (AvgIpc) is 3.04. The van der Waals surface area contributed by atoms with Crippen molar-refractivity contribution in [3.8, 4) is 0 Å². The van der Waals surface area contributed by atoms with Gasteiger partial charge in [0.25, 0.3) is 5.91 Å². The Morgan fingerprint density at radius 2 is 1.96 bits per heavy atom. The van der Waals surface area contributed by atoms with Gasteiger partial charge in [-0.3, -0.25) is 14.3 Å². The van der Waals surface area contributed by atoms with Gasteiger partial charge in [-0.2, -0.15) is 5.10 Å². The second-order valence-corrected chi connectivity index (χ2v) is 6.44. The molecule has 2 N–H and O–H groups in total. The van der Waals surface area contributed by atoms with Crippen LogP contribution in [0.5, 0.6) is 0 Å². The first-order valence-corrected chi connectivity index (χ1v) is 8.39. The third-order valence-electron chi connectivity index (χ3n) is 5.03. The van der Waals surface area contributed by atoms with Crippen molar-refractivity contribution in [3.05, 3.63) is 52.8 Å². The lowest BCUT2D eigenvalue weighted by molar-refractivity contribution is -0.123. The molecule has 0 saturated heterocycles. The van der Waals surface area contributed by atoms with Gasteiger partial charge in [0, 0.05) is 13.1 Å². The van der Waals surface area contributed by atoms with Crippen LogP contribution in [0.3, 0.4) is 0 Å². The molecule has 1 aromatic heterocycles. The van der Waals surface area contributed by atoms with Crippen LogP contribution in [0, 0.1) is 0 Å². The maximum absolute atomic E-state index is 13.1. The van der Waals surface area contributed by atoms with E-state index in [0.717, 1.165) is 49.0 Å². The predicted molar refractivity (Wildman–Crippen MR) is 88.3 cm³/mol. The highest BCUT2D eigenvalue weighted by atomic mass is 16.2. The van der Waals surface area contributed by atoms with E-state index in [1.54, 1.807) is 11.1 Å². The molecule has 6 nitrogen and oxygen atoms in total. The van der Waals surface area contributed by atoms with E-state index < -0.39 is 11.9 Å². The molecule has 0 saturated carbocycles. The number of carbonyl (C=O) groups excluding carboxylic acids is 2. The predicted octanol–water partition coefficient (Wildman–Crippen LogP) is 1.44. The van der Waals surface area contributed by atoms with Crippen molar-refractivity contribution in [2.75, 3.05) is 6.54 Å². The summed E-state index contributed by atoms with van der Waals surface area (Å²) in [6.07, 6.45) is 5.38. The number of fused-ring (bicyclic) bond motifs is 2. The number of primary amides is 1. The van der Waals surface area contributed by atoms with Crippen LogP contribution in [-0.4, -0.2) is 33.0 Å². The van der Waals surface area contributed by atoms with Crippen molar-refractivity contribution < 1.29 is 9.59 Å². The zero-order valence-electron chi connectivity index (χ0n) is 13.4. The standard InChI is InChI=1S/C18H20N4O2/c19-17(23)16-13-6-2-1-5-12(13)8-10-21(16)18(24)14-11-20-22-9-4-3-7-15(14)22/h1-2,5-6,11,16H,3-4,7-10H2,(H2,19,23). The Kier molecular flexibility index (Phi) is 3.59. The van der Waals surface area contributed by atoms with Crippen molar-refractivity contribution in [3.63, 3.8) is 0 Å². The molecule has 0 bridgehead atoms. The first-order valence-electron chi connectivity index (χ1n) is 8.39. The van der Waals surface area contributed by atoms with Gasteiger partial charge in [-0.25, -0.2) is 0 Å². The Labute approximate surface area is 140 Å². The van der Waals surface area contributed by atoms with Gasteiger partial charge in [0.05, 0.1) is 17.5 Å². The van der Waals surface area contributed by atoms with Crippen LogP contribution in [-0.2, 0) is 24.2 Å². The van der Waals surface area contributed by atoms with Gasteiger partial charge in [0.2, 0.25) is 5.91 Å². The highest BCUT2D eigenvalue weighted by Gasteiger charge is 2.36. The van der Waals surface area contributed by atoms with Crippen molar-refractivity contribution in [1.29, 1.82) is 0 Å². The number of carbonyl (C=O) groups is 2. The van der Waals surface area contributed by atoms with E-state index in [1.165, 1.54) is 0 Å². The molecule has 0 aliphatic carbocycles. The van der Waals surface area contributed by atoms with E-state index in [2.05, 4.69) is 5.10 Å². The second kappa shape index (κ2) is 5.78. The lowest BCUT2D eigenvalue weighted by Gasteiger charge is -2.35. The summed E-state index contributed by atoms with van der Waals surface area (Å²) in [5.74, 6) is -0.631. The smallest absolute Gasteiger partial charge is 0.258 e. The summed E-state index contributed by atoms with van der Waals surface area (Å²) in [7, 11) is 0. The SMILES string of the molecule is NC(=O)C1c2ccccc2CCN1C(=O)c1cnn2c1CCCC2. The molecule has 6 heteroatoms. The Hall–Kier alpha value is -2.63. The highest BCUT2D eigenvalue weighted by molar-refractivity contribution is 5.98. The van der Waals surface area contributed by atoms with E-state index in [4.69, 9.17) is 5.73 Å². The molecule has 4 rings (SSSR count). The topological polar surface area (TPSA) is 81.2 Å². The zero-order valence-corrected chi connectivity index (χ0v) is 13.4. The van der Waals surface area contributed by atoms with Crippen molar-refractivity contribution >= 4 is 11.8 Å². The molecule has 1 aromatic carbocycles. The van der Waals surface area contributed by atoms with Crippen molar-refractivity contribution in [2.45, 2.75) is 38.3 Å². The number of amides is 2. The lowest BCUT2D eigenvalue weighted by atomic mass is 9.91. The number of nitrogens with two attached hydrogens (primary N) is 1. The summed E-state index contributed by atoms with van der Waals surface area (Å²) in [6.45, 7) is 1.35. The quantitative estimate of drug-likeness (QED) is 0.907. The summed E-state index contributed by atoms with van der Waals surface area (Å²) in [5.41, 5.74) is 9.16. The maximum atomic E-state index is 13.1. The van der Waals surface area contributed by atoms with E-state index >= 15 is 0 Å². The summed E-state index contributed by atoms with van der Waals surface area (Å²) < 4.78 is 1.91. The number of hydrogen-bond acceptors (Lipinski definition) is 3. The van der Waals surface area contributed by atoms with E-state index in [0.29, 0.717) is 12.1 Å². The fourth-order valence-corrected chi connectivity index (χ4v) is 3.85. The van der Waals surface area contributed by atoms with Gasteiger partial charge in [-0.1, -0.05) is 24.3 Å². The number of nitrogens with zero attached hydrogens (tertiary/aromatic N) is 3. The fraction of sp³-hybridized carbons (Fsp3) is 0.389. The summed E-state index contributed by atoms with van der Waals surface area (Å²) >= 11 is 0. The number of aryl methyl sites for hydroxylation is 1.